The number of hydrogen-bond donors (Lipinski definition) is 1. The van der Waals surface area contributed by atoms with Gasteiger partial charge < -0.3 is 15.0 Å². The van der Waals surface area contributed by atoms with E-state index in [-0.39, 0.29) is 5.78 Å². The van der Waals surface area contributed by atoms with Crippen molar-refractivity contribution in [3.63, 3.8) is 0 Å². The Labute approximate surface area is 156 Å². The van der Waals surface area contributed by atoms with Crippen LogP contribution in [0.4, 0.5) is 10.6 Å². The van der Waals surface area contributed by atoms with Crippen LogP contribution in [0, 0.1) is 6.92 Å². The van der Waals surface area contributed by atoms with Crippen molar-refractivity contribution in [1.82, 2.24) is 10.3 Å². The number of carbonyl (C=O) groups is 2. The summed E-state index contributed by atoms with van der Waals surface area (Å²) in [6.07, 6.45) is 5.86. The number of nitrogens with zero attached hydrogens (tertiary/aromatic N) is 2. The van der Waals surface area contributed by atoms with Crippen LogP contribution in [0.2, 0.25) is 0 Å². The number of piperidine rings is 1. The molecule has 1 N–H and O–H groups in total. The van der Waals surface area contributed by atoms with Gasteiger partial charge in [0.25, 0.3) is 0 Å². The monoisotopic (exact) mass is 361 g/mol. The normalized spacial score (nSPS) is 14.8. The molecule has 0 bridgehead atoms. The van der Waals surface area contributed by atoms with Gasteiger partial charge in [-0.3, -0.25) is 4.79 Å². The summed E-state index contributed by atoms with van der Waals surface area (Å²) < 4.78 is 5.17. The average Bonchev–Trinajstić information content (AvgIpc) is 2.57. The maximum atomic E-state index is 12.4. The highest BCUT2D eigenvalue weighted by atomic mass is 16.6. The first-order valence-electron chi connectivity index (χ1n) is 9.48. The van der Waals surface area contributed by atoms with E-state index in [1.54, 1.807) is 6.20 Å². The van der Waals surface area contributed by atoms with Crippen LogP contribution in [0.1, 0.15) is 68.8 Å². The quantitative estimate of drug-likeness (QED) is 0.615. The molecular weight excluding hydrogens is 330 g/mol. The van der Waals surface area contributed by atoms with Crippen LogP contribution >= 0.6 is 0 Å². The zero-order valence-electron chi connectivity index (χ0n) is 16.4. The molecule has 6 nitrogen and oxygen atoms in total. The number of ketones is 1. The van der Waals surface area contributed by atoms with Crippen molar-refractivity contribution >= 4 is 17.7 Å². The van der Waals surface area contributed by atoms with Crippen LogP contribution in [0.3, 0.4) is 0 Å². The number of hydrogen-bond acceptors (Lipinski definition) is 5. The van der Waals surface area contributed by atoms with E-state index >= 15 is 0 Å². The molecule has 0 aliphatic carbocycles. The van der Waals surface area contributed by atoms with E-state index in [9.17, 15) is 9.59 Å². The van der Waals surface area contributed by atoms with Crippen LogP contribution in [-0.4, -0.2) is 42.1 Å². The lowest BCUT2D eigenvalue weighted by atomic mass is 10.1. The highest BCUT2D eigenvalue weighted by molar-refractivity contribution is 5.96. The number of nitrogens with one attached hydrogen (secondary N) is 1. The summed E-state index contributed by atoms with van der Waals surface area (Å²) in [5, 5.41) is 2.67. The van der Waals surface area contributed by atoms with E-state index in [2.05, 4.69) is 15.2 Å². The second-order valence-corrected chi connectivity index (χ2v) is 7.87. The summed E-state index contributed by atoms with van der Waals surface area (Å²) >= 11 is 0. The Morgan fingerprint density at radius 1 is 1.23 bits per heavy atom. The van der Waals surface area contributed by atoms with Crippen molar-refractivity contribution in [3.05, 3.63) is 23.4 Å². The molecule has 0 atom stereocenters. The summed E-state index contributed by atoms with van der Waals surface area (Å²) in [7, 11) is 0. The molecule has 1 fully saturated rings. The first kappa shape index (κ1) is 20.2. The molecule has 0 spiro atoms. The summed E-state index contributed by atoms with van der Waals surface area (Å²) in [5.74, 6) is 1.05. The van der Waals surface area contributed by atoms with Crippen molar-refractivity contribution in [1.29, 1.82) is 0 Å². The van der Waals surface area contributed by atoms with Gasteiger partial charge in [-0.2, -0.15) is 0 Å². The van der Waals surface area contributed by atoms with Crippen molar-refractivity contribution in [2.45, 2.75) is 65.4 Å². The lowest BCUT2D eigenvalue weighted by molar-refractivity contribution is 0.0525. The number of alkyl carbamates (subject to hydrolysis) is 1. The number of rotatable bonds is 6. The number of pyridine rings is 1. The van der Waals surface area contributed by atoms with Gasteiger partial charge in [0.2, 0.25) is 0 Å². The van der Waals surface area contributed by atoms with Gasteiger partial charge in [-0.25, -0.2) is 9.78 Å². The van der Waals surface area contributed by atoms with Gasteiger partial charge in [0, 0.05) is 37.8 Å². The number of Topliss-reactive ketones (excluding diaryl/α,β-unsaturated/α-hetero) is 1. The predicted octanol–water partition coefficient (Wildman–Crippen LogP) is 3.87. The lowest BCUT2D eigenvalue weighted by Crippen LogP contribution is -2.33. The molecule has 1 amide bonds. The molecule has 1 aliphatic rings. The van der Waals surface area contributed by atoms with Crippen LogP contribution in [0.5, 0.6) is 0 Å². The third-order valence-corrected chi connectivity index (χ3v) is 4.28. The summed E-state index contributed by atoms with van der Waals surface area (Å²) in [6, 6.07) is 1.93. The fraction of sp³-hybridized carbons (Fsp3) is 0.650. The van der Waals surface area contributed by atoms with Gasteiger partial charge in [0.15, 0.2) is 5.78 Å². The molecule has 0 unspecified atom stereocenters. The molecule has 2 rings (SSSR count). The fourth-order valence-electron chi connectivity index (χ4n) is 3.05. The molecule has 0 radical (unpaired) electrons. The summed E-state index contributed by atoms with van der Waals surface area (Å²) in [4.78, 5) is 30.8. The fourth-order valence-corrected chi connectivity index (χ4v) is 3.05. The maximum absolute atomic E-state index is 12.4. The molecule has 6 heteroatoms. The smallest absolute Gasteiger partial charge is 0.407 e. The minimum atomic E-state index is -0.515. The Hall–Kier alpha value is -2.11. The van der Waals surface area contributed by atoms with Gasteiger partial charge in [-0.05, 0) is 65.0 Å². The number of amides is 1. The Bertz CT molecular complexity index is 632. The Balaban J connectivity index is 1.80. The summed E-state index contributed by atoms with van der Waals surface area (Å²) in [6.45, 7) is 9.96. The lowest BCUT2D eigenvalue weighted by Gasteiger charge is -2.29. The van der Waals surface area contributed by atoms with Crippen molar-refractivity contribution in [2.75, 3.05) is 24.5 Å². The second kappa shape index (κ2) is 9.01. The predicted molar refractivity (Wildman–Crippen MR) is 103 cm³/mol. The van der Waals surface area contributed by atoms with Crippen LogP contribution in [0.25, 0.3) is 0 Å². The standard InChI is InChI=1S/C20H31N3O3/c1-15-13-16(14-22-18(15)23-11-6-5-7-12-23)17(24)9-8-10-21-19(25)26-20(2,3)4/h13-14H,5-12H2,1-4H3,(H,21,25). The second-order valence-electron chi connectivity index (χ2n) is 7.87. The van der Waals surface area contributed by atoms with Gasteiger partial charge in [0.05, 0.1) is 0 Å². The van der Waals surface area contributed by atoms with Crippen LogP contribution in [0.15, 0.2) is 12.3 Å². The Morgan fingerprint density at radius 3 is 2.54 bits per heavy atom. The maximum Gasteiger partial charge on any atom is 0.407 e. The number of aromatic nitrogens is 1. The molecule has 26 heavy (non-hydrogen) atoms. The van der Waals surface area contributed by atoms with Gasteiger partial charge in [0.1, 0.15) is 11.4 Å². The number of aryl methyl sites for hydroxylation is 1. The van der Waals surface area contributed by atoms with E-state index in [1.807, 2.05) is 33.8 Å². The van der Waals surface area contributed by atoms with E-state index < -0.39 is 11.7 Å². The van der Waals surface area contributed by atoms with Crippen molar-refractivity contribution < 1.29 is 14.3 Å². The third kappa shape index (κ3) is 6.32. The third-order valence-electron chi connectivity index (χ3n) is 4.28. The van der Waals surface area contributed by atoms with E-state index in [1.165, 1.54) is 19.3 Å². The van der Waals surface area contributed by atoms with Gasteiger partial charge >= 0.3 is 6.09 Å². The highest BCUT2D eigenvalue weighted by Crippen LogP contribution is 2.22. The minimum Gasteiger partial charge on any atom is -0.444 e. The molecule has 1 aliphatic heterocycles. The van der Waals surface area contributed by atoms with Gasteiger partial charge in [-0.15, -0.1) is 0 Å². The van der Waals surface area contributed by atoms with Crippen molar-refractivity contribution in [3.8, 4) is 0 Å². The van der Waals surface area contributed by atoms with E-state index in [0.717, 1.165) is 24.5 Å². The molecule has 0 aromatic carbocycles. The van der Waals surface area contributed by atoms with Gasteiger partial charge in [-0.1, -0.05) is 0 Å². The SMILES string of the molecule is Cc1cc(C(=O)CCCNC(=O)OC(C)(C)C)cnc1N1CCCCC1. The zero-order valence-corrected chi connectivity index (χ0v) is 16.4. The number of anilines is 1. The average molecular weight is 361 g/mol. The molecule has 144 valence electrons. The molecular formula is C20H31N3O3. The first-order chi connectivity index (χ1) is 12.3. The Kier molecular flexibility index (Phi) is 7.00. The van der Waals surface area contributed by atoms with Crippen molar-refractivity contribution in [2.24, 2.45) is 0 Å². The Morgan fingerprint density at radius 2 is 1.92 bits per heavy atom. The minimum absolute atomic E-state index is 0.0526. The van der Waals surface area contributed by atoms with E-state index in [4.69, 9.17) is 4.74 Å². The first-order valence-corrected chi connectivity index (χ1v) is 9.48. The highest BCUT2D eigenvalue weighted by Gasteiger charge is 2.17. The number of ether oxygens (including phenoxy) is 1. The molecule has 0 saturated carbocycles. The summed E-state index contributed by atoms with van der Waals surface area (Å²) in [5.41, 5.74) is 1.17. The zero-order chi connectivity index (χ0) is 19.2. The van der Waals surface area contributed by atoms with Crippen LogP contribution < -0.4 is 10.2 Å². The number of carbonyl (C=O) groups excluding carboxylic acids is 2. The molecule has 1 aromatic rings. The molecule has 1 saturated heterocycles. The molecule has 1 aromatic heterocycles. The largest absolute Gasteiger partial charge is 0.444 e. The topological polar surface area (TPSA) is 71.5 Å². The molecule has 2 heterocycles. The van der Waals surface area contributed by atoms with Crippen LogP contribution in [-0.2, 0) is 4.74 Å². The van der Waals surface area contributed by atoms with E-state index in [0.29, 0.717) is 24.9 Å².